The van der Waals surface area contributed by atoms with Gasteiger partial charge in [0.15, 0.2) is 0 Å². The number of nitrogens with one attached hydrogen (secondary N) is 2. The Kier molecular flexibility index (Phi) is 5.91. The second kappa shape index (κ2) is 8.20. The van der Waals surface area contributed by atoms with Gasteiger partial charge in [-0.05, 0) is 43.0 Å². The zero-order valence-electron chi connectivity index (χ0n) is 15.6. The van der Waals surface area contributed by atoms with Crippen LogP contribution in [0.15, 0.2) is 41.2 Å². The van der Waals surface area contributed by atoms with Crippen molar-refractivity contribution in [3.63, 3.8) is 0 Å². The highest BCUT2D eigenvalue weighted by atomic mass is 19.4. The van der Waals surface area contributed by atoms with Gasteiger partial charge in [-0.1, -0.05) is 31.5 Å². The van der Waals surface area contributed by atoms with Crippen LogP contribution < -0.4 is 10.9 Å². The number of amides is 1. The van der Waals surface area contributed by atoms with Gasteiger partial charge in [0.05, 0.1) is 5.56 Å². The average molecular weight is 392 g/mol. The molecule has 150 valence electrons. The maximum absolute atomic E-state index is 12.9. The summed E-state index contributed by atoms with van der Waals surface area (Å²) < 4.78 is 38.7. The lowest BCUT2D eigenvalue weighted by Crippen LogP contribution is -2.28. The normalized spacial score (nSPS) is 18.1. The third-order valence-corrected chi connectivity index (χ3v) is 5.15. The lowest BCUT2D eigenvalue weighted by molar-refractivity contribution is -0.137. The molecule has 1 aliphatic heterocycles. The highest BCUT2D eigenvalue weighted by Gasteiger charge is 2.31. The van der Waals surface area contributed by atoms with Crippen molar-refractivity contribution in [2.45, 2.75) is 57.2 Å². The summed E-state index contributed by atoms with van der Waals surface area (Å²) in [5.74, 6) is -0.336. The quantitative estimate of drug-likeness (QED) is 0.776. The third-order valence-electron chi connectivity index (χ3n) is 5.15. The predicted octanol–water partition coefficient (Wildman–Crippen LogP) is 4.15. The number of hydrogen-bond acceptors (Lipinski definition) is 2. The number of carbonyl (C=O) groups is 1. The number of pyridine rings is 1. The maximum atomic E-state index is 12.9. The van der Waals surface area contributed by atoms with E-state index in [1.807, 2.05) is 13.0 Å². The van der Waals surface area contributed by atoms with E-state index in [2.05, 4.69) is 10.3 Å². The molecule has 1 aromatic carbocycles. The molecule has 1 amide bonds. The van der Waals surface area contributed by atoms with Crippen LogP contribution in [-0.2, 0) is 17.4 Å². The number of aromatic nitrogens is 1. The van der Waals surface area contributed by atoms with Crippen LogP contribution in [0, 0.1) is 0 Å². The molecule has 4 nitrogen and oxygen atoms in total. The molecule has 1 fully saturated rings. The van der Waals surface area contributed by atoms with E-state index in [9.17, 15) is 22.8 Å². The molecule has 3 rings (SSSR count). The van der Waals surface area contributed by atoms with Crippen molar-refractivity contribution in [3.05, 3.63) is 69.1 Å². The number of aromatic amines is 1. The Morgan fingerprint density at radius 2 is 1.82 bits per heavy atom. The van der Waals surface area contributed by atoms with Gasteiger partial charge in [0.1, 0.15) is 0 Å². The first-order chi connectivity index (χ1) is 13.3. The number of alkyl halides is 3. The number of aryl methyl sites for hydroxylation is 1. The molecule has 2 aromatic rings. The van der Waals surface area contributed by atoms with Crippen molar-refractivity contribution < 1.29 is 18.0 Å². The highest BCUT2D eigenvalue weighted by molar-refractivity contribution is 5.78. The number of carbonyl (C=O) groups excluding carboxylic acids is 1. The first-order valence-electron chi connectivity index (χ1n) is 9.46. The molecular weight excluding hydrogens is 369 g/mol. The van der Waals surface area contributed by atoms with Crippen LogP contribution in [0.5, 0.6) is 0 Å². The lowest BCUT2D eigenvalue weighted by atomic mass is 9.87. The Hall–Kier alpha value is -2.57. The van der Waals surface area contributed by atoms with Crippen LogP contribution in [0.25, 0.3) is 0 Å². The topological polar surface area (TPSA) is 62.0 Å². The SMILES string of the molecule is CCCc1ccc(C(C[C@H]2CCC(=O)N2)c2ccc(C(F)(F)F)cc2)[nH]c1=O. The van der Waals surface area contributed by atoms with E-state index < -0.39 is 11.7 Å². The smallest absolute Gasteiger partial charge is 0.353 e. The van der Waals surface area contributed by atoms with E-state index >= 15 is 0 Å². The van der Waals surface area contributed by atoms with Crippen molar-refractivity contribution in [1.29, 1.82) is 0 Å². The summed E-state index contributed by atoms with van der Waals surface area (Å²) in [7, 11) is 0. The number of rotatable bonds is 6. The summed E-state index contributed by atoms with van der Waals surface area (Å²) in [6.45, 7) is 1.99. The molecular formula is C21H23F3N2O2. The first kappa shape index (κ1) is 20.2. The van der Waals surface area contributed by atoms with Gasteiger partial charge in [-0.25, -0.2) is 0 Å². The monoisotopic (exact) mass is 392 g/mol. The van der Waals surface area contributed by atoms with Gasteiger partial charge < -0.3 is 10.3 Å². The van der Waals surface area contributed by atoms with Gasteiger partial charge in [0.25, 0.3) is 5.56 Å². The molecule has 28 heavy (non-hydrogen) atoms. The minimum Gasteiger partial charge on any atom is -0.353 e. The number of benzene rings is 1. The van der Waals surface area contributed by atoms with E-state index in [1.165, 1.54) is 12.1 Å². The fraction of sp³-hybridized carbons (Fsp3) is 0.429. The minimum absolute atomic E-state index is 0.0250. The molecule has 0 radical (unpaired) electrons. The predicted molar refractivity (Wildman–Crippen MR) is 100 cm³/mol. The molecule has 0 aliphatic carbocycles. The summed E-state index contributed by atoms with van der Waals surface area (Å²) in [5.41, 5.74) is 1.12. The fourth-order valence-electron chi connectivity index (χ4n) is 3.67. The second-order valence-electron chi connectivity index (χ2n) is 7.23. The summed E-state index contributed by atoms with van der Waals surface area (Å²) in [6.07, 6.45) is -1.26. The molecule has 1 aliphatic rings. The van der Waals surface area contributed by atoms with Gasteiger partial charge in [-0.15, -0.1) is 0 Å². The molecule has 0 saturated carbocycles. The zero-order valence-corrected chi connectivity index (χ0v) is 15.6. The van der Waals surface area contributed by atoms with Crippen LogP contribution in [0.4, 0.5) is 13.2 Å². The maximum Gasteiger partial charge on any atom is 0.416 e. The second-order valence-corrected chi connectivity index (χ2v) is 7.23. The molecule has 0 bridgehead atoms. The molecule has 1 aromatic heterocycles. The first-order valence-corrected chi connectivity index (χ1v) is 9.46. The Bertz CT molecular complexity index is 888. The molecule has 2 N–H and O–H groups in total. The van der Waals surface area contributed by atoms with Crippen LogP contribution in [0.1, 0.15) is 60.9 Å². The van der Waals surface area contributed by atoms with Gasteiger partial charge in [-0.2, -0.15) is 13.2 Å². The van der Waals surface area contributed by atoms with Gasteiger partial charge in [0.2, 0.25) is 5.91 Å². The van der Waals surface area contributed by atoms with Crippen LogP contribution >= 0.6 is 0 Å². The van der Waals surface area contributed by atoms with E-state index in [4.69, 9.17) is 0 Å². The van der Waals surface area contributed by atoms with E-state index in [1.54, 1.807) is 6.07 Å². The van der Waals surface area contributed by atoms with Crippen molar-refractivity contribution in [3.8, 4) is 0 Å². The Labute approximate surface area is 161 Å². The third kappa shape index (κ3) is 4.64. The van der Waals surface area contributed by atoms with E-state index in [0.29, 0.717) is 42.5 Å². The average Bonchev–Trinajstić information content (AvgIpc) is 3.06. The van der Waals surface area contributed by atoms with Gasteiger partial charge in [-0.3, -0.25) is 9.59 Å². The molecule has 0 spiro atoms. The summed E-state index contributed by atoms with van der Waals surface area (Å²) in [4.78, 5) is 26.8. The Morgan fingerprint density at radius 3 is 2.36 bits per heavy atom. The minimum atomic E-state index is -4.40. The number of halogens is 3. The molecule has 1 saturated heterocycles. The Morgan fingerprint density at radius 1 is 1.11 bits per heavy atom. The number of H-pyrrole nitrogens is 1. The largest absolute Gasteiger partial charge is 0.416 e. The van der Waals surface area contributed by atoms with Gasteiger partial charge >= 0.3 is 6.18 Å². The van der Waals surface area contributed by atoms with Crippen molar-refractivity contribution in [2.75, 3.05) is 0 Å². The van der Waals surface area contributed by atoms with Crippen LogP contribution in [0.2, 0.25) is 0 Å². The molecule has 7 heteroatoms. The molecule has 2 heterocycles. The van der Waals surface area contributed by atoms with Gasteiger partial charge in [0, 0.05) is 29.6 Å². The van der Waals surface area contributed by atoms with E-state index in [0.717, 1.165) is 18.6 Å². The Balaban J connectivity index is 1.94. The van der Waals surface area contributed by atoms with E-state index in [-0.39, 0.29) is 23.4 Å². The molecule has 1 unspecified atom stereocenters. The standard InChI is InChI=1S/C21H23F3N2O2/c1-2-3-14-6-10-18(26-20(14)28)17(12-16-9-11-19(27)25-16)13-4-7-15(8-5-13)21(22,23)24/h4-8,10,16-17H,2-3,9,11-12H2,1H3,(H,25,27)(H,26,28)/t16-,17?/m1/s1. The van der Waals surface area contributed by atoms with Crippen molar-refractivity contribution >= 4 is 5.91 Å². The number of hydrogen-bond donors (Lipinski definition) is 2. The zero-order chi connectivity index (χ0) is 20.3. The summed E-state index contributed by atoms with van der Waals surface area (Å²) in [5, 5.41) is 2.89. The van der Waals surface area contributed by atoms with Crippen molar-refractivity contribution in [2.24, 2.45) is 0 Å². The fourth-order valence-corrected chi connectivity index (χ4v) is 3.67. The van der Waals surface area contributed by atoms with Crippen LogP contribution in [-0.4, -0.2) is 16.9 Å². The van der Waals surface area contributed by atoms with Crippen molar-refractivity contribution in [1.82, 2.24) is 10.3 Å². The highest BCUT2D eigenvalue weighted by Crippen LogP contribution is 2.33. The van der Waals surface area contributed by atoms with Crippen LogP contribution in [0.3, 0.4) is 0 Å². The summed E-state index contributed by atoms with van der Waals surface area (Å²) >= 11 is 0. The lowest BCUT2D eigenvalue weighted by Gasteiger charge is -2.22. The molecule has 2 atom stereocenters. The summed E-state index contributed by atoms with van der Waals surface area (Å²) in [6, 6.07) is 8.54.